The minimum atomic E-state index is -0.00637. The Morgan fingerprint density at radius 3 is 2.79 bits per heavy atom. The van der Waals surface area contributed by atoms with Crippen LogP contribution < -0.4 is 9.47 Å². The highest BCUT2D eigenvalue weighted by atomic mass is 16.7. The normalized spacial score (nSPS) is 24.1. The summed E-state index contributed by atoms with van der Waals surface area (Å²) in [7, 11) is 1.87. The monoisotopic (exact) mass is 379 g/mol. The van der Waals surface area contributed by atoms with Crippen LogP contribution in [-0.2, 0) is 13.6 Å². The molecule has 3 aliphatic rings. The number of benzene rings is 1. The summed E-state index contributed by atoms with van der Waals surface area (Å²) >= 11 is 0. The van der Waals surface area contributed by atoms with Crippen molar-refractivity contribution in [1.82, 2.24) is 14.7 Å². The van der Waals surface area contributed by atoms with Crippen molar-refractivity contribution in [3.63, 3.8) is 0 Å². The fraction of sp³-hybridized carbons (Fsp3) is 0.455. The van der Waals surface area contributed by atoms with Gasteiger partial charge in [-0.3, -0.25) is 9.48 Å². The Hall–Kier alpha value is -2.76. The molecule has 146 valence electrons. The Labute approximate surface area is 164 Å². The molecule has 2 heterocycles. The molecule has 0 N–H and O–H groups in total. The first kappa shape index (κ1) is 17.3. The molecule has 2 aromatic rings. The first-order valence-corrected chi connectivity index (χ1v) is 9.93. The summed E-state index contributed by atoms with van der Waals surface area (Å²) in [6.07, 6.45) is 7.09. The van der Waals surface area contributed by atoms with Gasteiger partial charge in [-0.15, -0.1) is 0 Å². The highest BCUT2D eigenvalue weighted by molar-refractivity contribution is 5.92. The fourth-order valence-electron chi connectivity index (χ4n) is 4.69. The van der Waals surface area contributed by atoms with Gasteiger partial charge in [-0.1, -0.05) is 18.2 Å². The van der Waals surface area contributed by atoms with Gasteiger partial charge >= 0.3 is 0 Å². The fourth-order valence-corrected chi connectivity index (χ4v) is 4.69. The predicted octanol–water partition coefficient (Wildman–Crippen LogP) is 3.31. The Morgan fingerprint density at radius 2 is 2.07 bits per heavy atom. The van der Waals surface area contributed by atoms with E-state index >= 15 is 0 Å². The van der Waals surface area contributed by atoms with E-state index in [9.17, 15) is 4.79 Å². The number of carbonyl (C=O) groups is 1. The predicted molar refractivity (Wildman–Crippen MR) is 104 cm³/mol. The number of fused-ring (bicyclic) bond motifs is 3. The second-order valence-corrected chi connectivity index (χ2v) is 8.21. The number of allylic oxidation sites excluding steroid dienone is 2. The zero-order chi connectivity index (χ0) is 19.3. The molecule has 5 rings (SSSR count). The van der Waals surface area contributed by atoms with Gasteiger partial charge in [-0.2, -0.15) is 5.10 Å². The van der Waals surface area contributed by atoms with Crippen molar-refractivity contribution in [2.45, 2.75) is 26.3 Å². The molecule has 0 unspecified atom stereocenters. The van der Waals surface area contributed by atoms with Gasteiger partial charge < -0.3 is 14.4 Å². The number of rotatable bonds is 5. The maximum Gasteiger partial charge on any atom is 0.274 e. The summed E-state index contributed by atoms with van der Waals surface area (Å²) < 4.78 is 12.7. The Bertz CT molecular complexity index is 929. The number of amides is 1. The lowest BCUT2D eigenvalue weighted by atomic mass is 9.93. The van der Waals surface area contributed by atoms with Gasteiger partial charge in [0, 0.05) is 25.8 Å². The van der Waals surface area contributed by atoms with E-state index in [0.29, 0.717) is 30.0 Å². The van der Waals surface area contributed by atoms with Gasteiger partial charge in [0.05, 0.1) is 0 Å². The highest BCUT2D eigenvalue weighted by Crippen LogP contribution is 2.44. The number of nitrogens with zero attached hydrogens (tertiary/aromatic N) is 3. The molecule has 1 aromatic heterocycles. The molecule has 1 saturated carbocycles. The lowest BCUT2D eigenvalue weighted by Gasteiger charge is -2.28. The smallest absolute Gasteiger partial charge is 0.274 e. The van der Waals surface area contributed by atoms with Crippen LogP contribution in [0.1, 0.15) is 34.6 Å². The summed E-state index contributed by atoms with van der Waals surface area (Å²) in [4.78, 5) is 15.3. The third kappa shape index (κ3) is 3.07. The van der Waals surface area contributed by atoms with Gasteiger partial charge in [0.25, 0.3) is 5.91 Å². The minimum Gasteiger partial charge on any atom is -0.454 e. The van der Waals surface area contributed by atoms with E-state index in [2.05, 4.69) is 17.3 Å². The van der Waals surface area contributed by atoms with Crippen LogP contribution in [0.15, 0.2) is 36.4 Å². The van der Waals surface area contributed by atoms with Crippen molar-refractivity contribution in [2.75, 3.05) is 13.3 Å². The third-order valence-electron chi connectivity index (χ3n) is 6.30. The summed E-state index contributed by atoms with van der Waals surface area (Å²) in [5.74, 6) is 3.32. The largest absolute Gasteiger partial charge is 0.454 e. The highest BCUT2D eigenvalue weighted by Gasteiger charge is 2.37. The second-order valence-electron chi connectivity index (χ2n) is 8.21. The maximum atomic E-state index is 13.3. The van der Waals surface area contributed by atoms with E-state index in [1.54, 1.807) is 4.68 Å². The molecule has 2 bridgehead atoms. The average Bonchev–Trinajstić information content (AvgIpc) is 3.46. The Balaban J connectivity index is 1.40. The number of hydrogen-bond acceptors (Lipinski definition) is 4. The lowest BCUT2D eigenvalue weighted by Crippen LogP contribution is -2.36. The van der Waals surface area contributed by atoms with Crippen LogP contribution in [0.3, 0.4) is 0 Å². The van der Waals surface area contributed by atoms with Crippen LogP contribution in [0.2, 0.25) is 0 Å². The molecular weight excluding hydrogens is 354 g/mol. The van der Waals surface area contributed by atoms with Crippen LogP contribution in [0.4, 0.5) is 0 Å². The van der Waals surface area contributed by atoms with E-state index in [0.717, 1.165) is 29.3 Å². The third-order valence-corrected chi connectivity index (χ3v) is 6.30. The van der Waals surface area contributed by atoms with Crippen molar-refractivity contribution in [2.24, 2.45) is 24.8 Å². The summed E-state index contributed by atoms with van der Waals surface area (Å²) in [5, 5.41) is 4.42. The quantitative estimate of drug-likeness (QED) is 0.748. The lowest BCUT2D eigenvalue weighted by molar-refractivity contribution is 0.0697. The van der Waals surface area contributed by atoms with Crippen molar-refractivity contribution in [3.8, 4) is 11.5 Å². The molecule has 0 spiro atoms. The number of ether oxygens (including phenoxy) is 2. The molecule has 0 saturated heterocycles. The van der Waals surface area contributed by atoms with Crippen LogP contribution in [-0.4, -0.2) is 33.9 Å². The zero-order valence-electron chi connectivity index (χ0n) is 16.3. The van der Waals surface area contributed by atoms with Gasteiger partial charge in [-0.05, 0) is 61.3 Å². The molecule has 6 nitrogen and oxygen atoms in total. The molecule has 28 heavy (non-hydrogen) atoms. The van der Waals surface area contributed by atoms with Crippen LogP contribution in [0.25, 0.3) is 0 Å². The first-order chi connectivity index (χ1) is 13.6. The van der Waals surface area contributed by atoms with Crippen molar-refractivity contribution >= 4 is 5.91 Å². The van der Waals surface area contributed by atoms with Crippen molar-refractivity contribution < 1.29 is 14.3 Å². The van der Waals surface area contributed by atoms with Gasteiger partial charge in [0.1, 0.15) is 0 Å². The van der Waals surface area contributed by atoms with Gasteiger partial charge in [0.2, 0.25) is 6.79 Å². The molecule has 0 radical (unpaired) electrons. The molecule has 3 atom stereocenters. The van der Waals surface area contributed by atoms with Crippen molar-refractivity contribution in [1.29, 1.82) is 0 Å². The number of aromatic nitrogens is 2. The van der Waals surface area contributed by atoms with E-state index in [1.807, 2.05) is 43.1 Å². The van der Waals surface area contributed by atoms with Gasteiger partial charge in [0.15, 0.2) is 17.2 Å². The van der Waals surface area contributed by atoms with E-state index in [4.69, 9.17) is 9.47 Å². The minimum absolute atomic E-state index is 0.00637. The summed E-state index contributed by atoms with van der Waals surface area (Å²) in [6, 6.07) is 7.78. The van der Waals surface area contributed by atoms with Gasteiger partial charge in [-0.25, -0.2) is 0 Å². The average molecular weight is 379 g/mol. The number of aryl methyl sites for hydroxylation is 2. The second kappa shape index (κ2) is 6.69. The number of carbonyl (C=O) groups excluding carboxylic acids is 1. The Morgan fingerprint density at radius 1 is 1.21 bits per heavy atom. The molecule has 2 aliphatic carbocycles. The molecule has 6 heteroatoms. The molecule has 1 fully saturated rings. The van der Waals surface area contributed by atoms with E-state index in [1.165, 1.54) is 12.8 Å². The standard InChI is InChI=1S/C22H25N3O3/c1-14-7-19(23-24(14)2)22(26)25(12-18-9-15-3-5-17(18)8-15)11-16-4-6-20-21(10-16)28-13-27-20/h3-7,10,15,17-18H,8-9,11-13H2,1-2H3/t15-,17+,18-/m1/s1. The molecule has 1 amide bonds. The zero-order valence-corrected chi connectivity index (χ0v) is 16.3. The first-order valence-electron chi connectivity index (χ1n) is 9.93. The number of hydrogen-bond donors (Lipinski definition) is 0. The van der Waals surface area contributed by atoms with Crippen LogP contribution in [0.5, 0.6) is 11.5 Å². The maximum absolute atomic E-state index is 13.3. The molecule has 1 aliphatic heterocycles. The molecular formula is C22H25N3O3. The van der Waals surface area contributed by atoms with E-state index in [-0.39, 0.29) is 12.7 Å². The Kier molecular flexibility index (Phi) is 4.14. The van der Waals surface area contributed by atoms with Crippen LogP contribution in [0, 0.1) is 24.7 Å². The van der Waals surface area contributed by atoms with Crippen LogP contribution >= 0.6 is 0 Å². The summed E-state index contributed by atoms with van der Waals surface area (Å²) in [6.45, 7) is 3.52. The summed E-state index contributed by atoms with van der Waals surface area (Å²) in [5.41, 5.74) is 2.54. The van der Waals surface area contributed by atoms with Crippen molar-refractivity contribution in [3.05, 3.63) is 53.4 Å². The van der Waals surface area contributed by atoms with E-state index < -0.39 is 0 Å². The molecule has 1 aromatic carbocycles. The topological polar surface area (TPSA) is 56.6 Å². The SMILES string of the molecule is Cc1cc(C(=O)N(Cc2ccc3c(c2)OCO3)C[C@H]2C[C@@H]3C=C[C@H]2C3)nn1C.